The van der Waals surface area contributed by atoms with Gasteiger partial charge in [0.2, 0.25) is 0 Å². The van der Waals surface area contributed by atoms with Crippen LogP contribution in [0.25, 0.3) is 0 Å². The maximum atomic E-state index is 11.9. The Kier molecular flexibility index (Phi) is 3.18. The summed E-state index contributed by atoms with van der Waals surface area (Å²) in [5.74, 6) is -1.90. The fraction of sp³-hybridized carbons (Fsp3) is 0.600. The van der Waals surface area contributed by atoms with Gasteiger partial charge in [0.1, 0.15) is 0 Å². The molecule has 0 heterocycles. The minimum atomic E-state index is -6.08. The van der Waals surface area contributed by atoms with Crippen molar-refractivity contribution in [3.05, 3.63) is 11.8 Å². The maximum absolute atomic E-state index is 11.9. The monoisotopic (exact) mass is 212 g/mol. The van der Waals surface area contributed by atoms with Gasteiger partial charge in [0.15, 0.2) is 5.83 Å². The highest BCUT2D eigenvalue weighted by Crippen LogP contribution is 2.38. The largest absolute Gasteiger partial charge is 0.500 e. The first-order valence-electron chi connectivity index (χ1n) is 2.73. The van der Waals surface area contributed by atoms with Crippen LogP contribution in [0.4, 0.5) is 30.7 Å². The van der Waals surface area contributed by atoms with Gasteiger partial charge in [-0.2, -0.15) is 26.3 Å². The molecule has 0 aliphatic rings. The van der Waals surface area contributed by atoms with Gasteiger partial charge >= 0.3 is 18.3 Å². The van der Waals surface area contributed by atoms with Gasteiger partial charge in [0, 0.05) is 0 Å². The second-order valence-corrected chi connectivity index (χ2v) is 1.92. The summed E-state index contributed by atoms with van der Waals surface area (Å²) in [6.07, 6.45) is -11.8. The first-order chi connectivity index (χ1) is 5.58. The normalized spacial score (nSPS) is 15.4. The summed E-state index contributed by atoms with van der Waals surface area (Å²) in [4.78, 5) is 0. The van der Waals surface area contributed by atoms with Crippen molar-refractivity contribution in [2.75, 3.05) is 0 Å². The van der Waals surface area contributed by atoms with E-state index >= 15 is 0 Å². The average molecular weight is 212 g/mol. The van der Waals surface area contributed by atoms with Gasteiger partial charge in [0.25, 0.3) is 0 Å². The second-order valence-electron chi connectivity index (χ2n) is 1.92. The van der Waals surface area contributed by atoms with Crippen molar-refractivity contribution in [1.29, 1.82) is 0 Å². The third kappa shape index (κ3) is 3.11. The molecular formula is C5H3F7O. The summed E-state index contributed by atoms with van der Waals surface area (Å²) in [6.45, 7) is 0.335. The van der Waals surface area contributed by atoms with E-state index in [1.165, 1.54) is 0 Å². The molecule has 0 bridgehead atoms. The molecule has 13 heavy (non-hydrogen) atoms. The van der Waals surface area contributed by atoms with Gasteiger partial charge in [-0.1, -0.05) is 0 Å². The van der Waals surface area contributed by atoms with Gasteiger partial charge < -0.3 is 4.74 Å². The average Bonchev–Trinajstić information content (AvgIpc) is 1.83. The van der Waals surface area contributed by atoms with Crippen LogP contribution in [0.1, 0.15) is 6.92 Å². The number of alkyl halides is 5. The predicted octanol–water partition coefficient (Wildman–Crippen LogP) is 3.29. The van der Waals surface area contributed by atoms with E-state index in [0.717, 1.165) is 0 Å². The molecule has 1 nitrogen and oxygen atoms in total. The molecule has 0 aliphatic heterocycles. The summed E-state index contributed by atoms with van der Waals surface area (Å²) in [7, 11) is 0. The van der Waals surface area contributed by atoms with Crippen LogP contribution in [0.3, 0.4) is 0 Å². The quantitative estimate of drug-likeness (QED) is 0.504. The predicted molar refractivity (Wildman–Crippen MR) is 27.0 cm³/mol. The lowest BCUT2D eigenvalue weighted by atomic mass is 10.6. The molecule has 8 heteroatoms. The molecule has 0 saturated heterocycles. The first kappa shape index (κ1) is 12.0. The van der Waals surface area contributed by atoms with Crippen molar-refractivity contribution in [3.8, 4) is 0 Å². The molecule has 0 spiro atoms. The number of halogens is 7. The van der Waals surface area contributed by atoms with Gasteiger partial charge in [0.05, 0.1) is 0 Å². The molecule has 0 rings (SSSR count). The maximum Gasteiger partial charge on any atom is 0.500 e. The van der Waals surface area contributed by atoms with Crippen LogP contribution in [0.15, 0.2) is 11.8 Å². The van der Waals surface area contributed by atoms with Gasteiger partial charge in [-0.15, -0.1) is 0 Å². The highest BCUT2D eigenvalue weighted by Gasteiger charge is 2.61. The Morgan fingerprint density at radius 1 is 1.00 bits per heavy atom. The lowest BCUT2D eigenvalue weighted by Crippen LogP contribution is -2.38. The highest BCUT2D eigenvalue weighted by atomic mass is 19.4. The Morgan fingerprint density at radius 2 is 1.38 bits per heavy atom. The standard InChI is InChI=1S/C5H3F7O/c1-2(6)3(7)13-5(11,12)4(8,9)10/h1H3/b3-2-. The zero-order valence-electron chi connectivity index (χ0n) is 6.05. The number of hydrogen-bond donors (Lipinski definition) is 0. The molecule has 0 aromatic rings. The van der Waals surface area contributed by atoms with Crippen LogP contribution in [0, 0.1) is 0 Å². The minimum Gasteiger partial charge on any atom is -0.397 e. The Morgan fingerprint density at radius 3 is 1.62 bits per heavy atom. The van der Waals surface area contributed by atoms with Crippen molar-refractivity contribution >= 4 is 0 Å². The Bertz CT molecular complexity index is 211. The smallest absolute Gasteiger partial charge is 0.397 e. The number of rotatable bonds is 2. The molecule has 0 fully saturated rings. The van der Waals surface area contributed by atoms with Crippen LogP contribution in [-0.2, 0) is 4.74 Å². The SMILES string of the molecule is C/C(F)=C(\F)OC(F)(F)C(F)(F)F. The van der Waals surface area contributed by atoms with E-state index in [2.05, 4.69) is 4.74 Å². The van der Waals surface area contributed by atoms with Crippen molar-refractivity contribution in [2.24, 2.45) is 0 Å². The molecule has 0 aromatic carbocycles. The third-order valence-electron chi connectivity index (χ3n) is 0.819. The van der Waals surface area contributed by atoms with E-state index < -0.39 is 24.1 Å². The van der Waals surface area contributed by atoms with Crippen LogP contribution >= 0.6 is 0 Å². The molecule has 0 unspecified atom stereocenters. The summed E-state index contributed by atoms with van der Waals surface area (Å²) in [5, 5.41) is 0. The lowest BCUT2D eigenvalue weighted by molar-refractivity contribution is -0.384. The van der Waals surface area contributed by atoms with Crippen molar-refractivity contribution < 1.29 is 35.5 Å². The van der Waals surface area contributed by atoms with Gasteiger partial charge in [-0.25, -0.2) is 4.39 Å². The van der Waals surface area contributed by atoms with E-state index in [4.69, 9.17) is 0 Å². The van der Waals surface area contributed by atoms with Crippen molar-refractivity contribution in [1.82, 2.24) is 0 Å². The van der Waals surface area contributed by atoms with E-state index in [1.54, 1.807) is 0 Å². The number of hydrogen-bond acceptors (Lipinski definition) is 1. The topological polar surface area (TPSA) is 9.23 Å². The van der Waals surface area contributed by atoms with Crippen molar-refractivity contribution in [2.45, 2.75) is 19.2 Å². The molecule has 0 aromatic heterocycles. The summed E-state index contributed by atoms with van der Waals surface area (Å²) < 4.78 is 83.3. The molecule has 0 saturated carbocycles. The van der Waals surface area contributed by atoms with E-state index in [9.17, 15) is 30.7 Å². The zero-order valence-corrected chi connectivity index (χ0v) is 6.05. The lowest BCUT2D eigenvalue weighted by Gasteiger charge is -2.18. The Balaban J connectivity index is 4.63. The van der Waals surface area contributed by atoms with E-state index in [1.807, 2.05) is 0 Å². The van der Waals surface area contributed by atoms with E-state index in [-0.39, 0.29) is 0 Å². The molecular weight excluding hydrogens is 209 g/mol. The Labute approximate surface area is 67.8 Å². The first-order valence-corrected chi connectivity index (χ1v) is 2.73. The van der Waals surface area contributed by atoms with Crippen molar-refractivity contribution in [3.63, 3.8) is 0 Å². The fourth-order valence-corrected chi connectivity index (χ4v) is 0.241. The Hall–Kier alpha value is -0.950. The molecule has 78 valence electrons. The van der Waals surface area contributed by atoms with Crippen LogP contribution < -0.4 is 0 Å². The molecule has 0 N–H and O–H groups in total. The molecule has 0 atom stereocenters. The summed E-state index contributed by atoms with van der Waals surface area (Å²) in [5.41, 5.74) is 0. The second kappa shape index (κ2) is 3.43. The number of allylic oxidation sites excluding steroid dienone is 1. The van der Waals surface area contributed by atoms with Crippen LogP contribution in [-0.4, -0.2) is 12.3 Å². The van der Waals surface area contributed by atoms with Crippen LogP contribution in [0.5, 0.6) is 0 Å². The molecule has 0 amide bonds. The summed E-state index contributed by atoms with van der Waals surface area (Å²) in [6, 6.07) is -2.60. The highest BCUT2D eigenvalue weighted by molar-refractivity contribution is 4.89. The van der Waals surface area contributed by atoms with E-state index in [0.29, 0.717) is 6.92 Å². The van der Waals surface area contributed by atoms with Gasteiger partial charge in [-0.05, 0) is 6.92 Å². The zero-order chi connectivity index (χ0) is 10.9. The third-order valence-corrected chi connectivity index (χ3v) is 0.819. The fourth-order valence-electron chi connectivity index (χ4n) is 0.241. The molecule has 0 aliphatic carbocycles. The minimum absolute atomic E-state index is 0.335. The number of ether oxygens (including phenoxy) is 1. The summed E-state index contributed by atoms with van der Waals surface area (Å²) >= 11 is 0. The molecule has 0 radical (unpaired) electrons. The van der Waals surface area contributed by atoms with Gasteiger partial charge in [-0.3, -0.25) is 0 Å². The van der Waals surface area contributed by atoms with Crippen LogP contribution in [0.2, 0.25) is 0 Å².